The number of carbonyl (C=O) groups is 2. The lowest BCUT2D eigenvalue weighted by Crippen LogP contribution is -2.37. The van der Waals surface area contributed by atoms with Crippen LogP contribution in [0.15, 0.2) is 12.1 Å². The van der Waals surface area contributed by atoms with Crippen molar-refractivity contribution in [3.8, 4) is 0 Å². The summed E-state index contributed by atoms with van der Waals surface area (Å²) in [4.78, 5) is 21.9. The Morgan fingerprint density at radius 1 is 1.50 bits per heavy atom. The average Bonchev–Trinajstić information content (AvgIpc) is 2.44. The molecule has 0 aliphatic heterocycles. The smallest absolute Gasteiger partial charge is 0.307 e. The summed E-state index contributed by atoms with van der Waals surface area (Å²) in [5.74, 6) is -0.319. The van der Waals surface area contributed by atoms with E-state index < -0.39 is 0 Å². The van der Waals surface area contributed by atoms with Crippen LogP contribution in [-0.2, 0) is 20.7 Å². The molecule has 0 saturated carbocycles. The topological polar surface area (TPSA) is 81.4 Å². The van der Waals surface area contributed by atoms with Crippen LogP contribution < -0.4 is 11.0 Å². The molecule has 0 amide bonds. The zero-order valence-corrected chi connectivity index (χ0v) is 12.1. The first-order valence-corrected chi connectivity index (χ1v) is 6.44. The van der Waals surface area contributed by atoms with Gasteiger partial charge < -0.3 is 20.5 Å². The van der Waals surface area contributed by atoms with Gasteiger partial charge in [-0.1, -0.05) is 6.07 Å². The second-order valence-electron chi connectivity index (χ2n) is 4.73. The first-order valence-electron chi connectivity index (χ1n) is 6.44. The normalized spacial score (nSPS) is 11.8. The molecule has 1 aromatic rings. The first kappa shape index (κ1) is 16.2. The number of nitrogens with two attached hydrogens (primary N) is 1. The summed E-state index contributed by atoms with van der Waals surface area (Å²) < 4.78 is 4.68. The van der Waals surface area contributed by atoms with Crippen LogP contribution >= 0.6 is 0 Å². The predicted molar refractivity (Wildman–Crippen MR) is 80.1 cm³/mol. The monoisotopic (exact) mass is 275 g/mol. The fourth-order valence-corrected chi connectivity index (χ4v) is 2.12. The highest BCUT2D eigenvalue weighted by atomic mass is 16.5. The molecule has 0 fully saturated rings. The van der Waals surface area contributed by atoms with Crippen molar-refractivity contribution >= 4 is 25.3 Å². The van der Waals surface area contributed by atoms with Gasteiger partial charge in [-0.05, 0) is 43.0 Å². The minimum Gasteiger partial charge on any atom is -0.469 e. The molecular weight excluding hydrogens is 255 g/mol. The summed E-state index contributed by atoms with van der Waals surface area (Å²) in [6, 6.07) is 3.62. The van der Waals surface area contributed by atoms with Crippen LogP contribution in [0.1, 0.15) is 23.1 Å². The highest BCUT2D eigenvalue weighted by Crippen LogP contribution is 2.22. The molecule has 0 heterocycles. The third kappa shape index (κ3) is 4.38. The molecule has 3 N–H and O–H groups in total. The van der Waals surface area contributed by atoms with Gasteiger partial charge in [0.25, 0.3) is 7.41 Å². The third-order valence-corrected chi connectivity index (χ3v) is 3.37. The Balaban J connectivity index is 2.91. The Labute approximate surface area is 120 Å². The van der Waals surface area contributed by atoms with Crippen molar-refractivity contribution < 1.29 is 14.3 Å². The molecule has 0 spiro atoms. The molecule has 20 heavy (non-hydrogen) atoms. The number of methoxy groups -OCH3 is 1. The van der Waals surface area contributed by atoms with E-state index in [0.717, 1.165) is 22.4 Å². The van der Waals surface area contributed by atoms with Gasteiger partial charge in [0, 0.05) is 11.7 Å². The van der Waals surface area contributed by atoms with E-state index in [1.807, 2.05) is 26.0 Å². The minimum atomic E-state index is -0.319. The van der Waals surface area contributed by atoms with Crippen molar-refractivity contribution in [1.29, 1.82) is 0 Å². The number of nitrogen functional groups attached to an aromatic ring is 1. The molecule has 1 radical (unpaired) electrons. The van der Waals surface area contributed by atoms with Crippen LogP contribution in [0.5, 0.6) is 0 Å². The van der Waals surface area contributed by atoms with E-state index in [-0.39, 0.29) is 18.4 Å². The van der Waals surface area contributed by atoms with Gasteiger partial charge >= 0.3 is 5.97 Å². The van der Waals surface area contributed by atoms with Crippen LogP contribution in [0.25, 0.3) is 0 Å². The number of benzene rings is 1. The van der Waals surface area contributed by atoms with Gasteiger partial charge in [-0.3, -0.25) is 4.79 Å². The van der Waals surface area contributed by atoms with Gasteiger partial charge in [-0.25, -0.2) is 0 Å². The van der Waals surface area contributed by atoms with E-state index in [9.17, 15) is 9.59 Å². The minimum absolute atomic E-state index is 0.189. The van der Waals surface area contributed by atoms with E-state index in [1.165, 1.54) is 14.5 Å². The lowest BCUT2D eigenvalue weighted by molar-refractivity contribution is -0.141. The van der Waals surface area contributed by atoms with Crippen molar-refractivity contribution in [1.82, 2.24) is 5.23 Å². The first-order chi connectivity index (χ1) is 9.49. The standard InChI is InChI=1S/C14H20BN2O3/c1-9-4-5-13(16)10(2)12(9)6-11(17-15-8-18)7-14(19)20-3/h4-5,8,11,17H,6-7,16H2,1-3H3/t11-/m0/s1. The Morgan fingerprint density at radius 3 is 2.80 bits per heavy atom. The maximum Gasteiger partial charge on any atom is 0.307 e. The van der Waals surface area contributed by atoms with Crippen LogP contribution in [0.3, 0.4) is 0 Å². The summed E-state index contributed by atoms with van der Waals surface area (Å²) in [5.41, 5.74) is 9.85. The third-order valence-electron chi connectivity index (χ3n) is 3.37. The van der Waals surface area contributed by atoms with Crippen LogP contribution in [0.2, 0.25) is 0 Å². The number of aryl methyl sites for hydroxylation is 1. The number of hydrogen-bond acceptors (Lipinski definition) is 5. The van der Waals surface area contributed by atoms with E-state index in [2.05, 4.69) is 9.96 Å². The lowest BCUT2D eigenvalue weighted by atomic mass is 9.89. The van der Waals surface area contributed by atoms with Crippen molar-refractivity contribution in [2.24, 2.45) is 0 Å². The maximum atomic E-state index is 11.4. The number of esters is 1. The average molecular weight is 275 g/mol. The Bertz CT molecular complexity index is 492. The summed E-state index contributed by atoms with van der Waals surface area (Å²) >= 11 is 0. The second-order valence-corrected chi connectivity index (χ2v) is 4.73. The van der Waals surface area contributed by atoms with Gasteiger partial charge in [0.1, 0.15) is 0 Å². The van der Waals surface area contributed by atoms with E-state index >= 15 is 0 Å². The largest absolute Gasteiger partial charge is 0.469 e. The molecule has 0 aliphatic rings. The summed E-state index contributed by atoms with van der Waals surface area (Å²) in [6.07, 6.45) is 1.44. The van der Waals surface area contributed by atoms with E-state index in [0.29, 0.717) is 12.6 Å². The molecule has 6 heteroatoms. The number of ether oxygens (including phenoxy) is 1. The fraction of sp³-hybridized carbons (Fsp3) is 0.429. The van der Waals surface area contributed by atoms with Gasteiger partial charge in [0.05, 0.1) is 19.7 Å². The molecular formula is C14H20BN2O3. The van der Waals surface area contributed by atoms with Crippen LogP contribution in [0.4, 0.5) is 5.69 Å². The van der Waals surface area contributed by atoms with E-state index in [4.69, 9.17) is 5.73 Å². The highest BCUT2D eigenvalue weighted by Gasteiger charge is 2.17. The zero-order chi connectivity index (χ0) is 15.1. The highest BCUT2D eigenvalue weighted by molar-refractivity contribution is 6.64. The van der Waals surface area contributed by atoms with Gasteiger partial charge in [0.15, 0.2) is 0 Å². The maximum absolute atomic E-state index is 11.4. The molecule has 1 aromatic carbocycles. The molecule has 107 valence electrons. The summed E-state index contributed by atoms with van der Waals surface area (Å²) in [6.45, 7) is 3.96. The lowest BCUT2D eigenvalue weighted by Gasteiger charge is -2.20. The second kappa shape index (κ2) is 7.70. The Morgan fingerprint density at radius 2 is 2.20 bits per heavy atom. The van der Waals surface area contributed by atoms with Gasteiger partial charge in [0.2, 0.25) is 0 Å². The number of hydrogen-bond donors (Lipinski definition) is 2. The molecule has 0 aliphatic carbocycles. The molecule has 1 rings (SSSR count). The van der Waals surface area contributed by atoms with Crippen molar-refractivity contribution in [3.63, 3.8) is 0 Å². The fourth-order valence-electron chi connectivity index (χ4n) is 2.12. The van der Waals surface area contributed by atoms with Crippen molar-refractivity contribution in [2.45, 2.75) is 32.7 Å². The van der Waals surface area contributed by atoms with E-state index in [1.54, 1.807) is 0 Å². The summed E-state index contributed by atoms with van der Waals surface area (Å²) in [5, 5.41) is 2.92. The predicted octanol–water partition coefficient (Wildman–Crippen LogP) is 0.759. The molecule has 0 aromatic heterocycles. The summed E-state index contributed by atoms with van der Waals surface area (Å²) in [7, 11) is 2.64. The molecule has 5 nitrogen and oxygen atoms in total. The molecule has 1 atom stereocenters. The van der Waals surface area contributed by atoms with Crippen molar-refractivity contribution in [2.75, 3.05) is 12.8 Å². The zero-order valence-electron chi connectivity index (χ0n) is 12.1. The Kier molecular flexibility index (Phi) is 6.25. The van der Waals surface area contributed by atoms with Gasteiger partial charge in [-0.2, -0.15) is 0 Å². The number of anilines is 1. The Hall–Kier alpha value is -1.82. The van der Waals surface area contributed by atoms with Crippen LogP contribution in [0, 0.1) is 13.8 Å². The van der Waals surface area contributed by atoms with Crippen molar-refractivity contribution in [3.05, 3.63) is 28.8 Å². The number of carbonyl (C=O) groups excluding carboxylic acids is 2. The molecule has 0 saturated heterocycles. The van der Waals surface area contributed by atoms with Gasteiger partial charge in [-0.15, -0.1) is 0 Å². The quantitative estimate of drug-likeness (QED) is 0.332. The SMILES string of the molecule is COC(=O)C[C@H](Cc1c(C)ccc(N)c1C)N[B]C=O. The number of rotatable bonds is 7. The number of nitrogens with one attached hydrogen (secondary N) is 1. The van der Waals surface area contributed by atoms with Crippen LogP contribution in [-0.4, -0.2) is 32.7 Å². The molecule has 0 unspecified atom stereocenters. The molecule has 0 bridgehead atoms.